The Balaban J connectivity index is 1.91. The minimum absolute atomic E-state index is 0.296. The number of nitrogens with zero attached hydrogens (tertiary/aromatic N) is 4. The molecule has 2 aromatic carbocycles. The van der Waals surface area contributed by atoms with Gasteiger partial charge in [-0.15, -0.1) is 10.2 Å². The van der Waals surface area contributed by atoms with Gasteiger partial charge in [0.15, 0.2) is 5.69 Å². The lowest BCUT2D eigenvalue weighted by atomic mass is 10.1. The lowest BCUT2D eigenvalue weighted by molar-refractivity contribution is -0.0334. The monoisotopic (exact) mass is 490 g/mol. The van der Waals surface area contributed by atoms with Crippen LogP contribution in [0, 0.1) is 6.92 Å². The van der Waals surface area contributed by atoms with E-state index in [1.54, 1.807) is 16.8 Å². The zero-order valence-electron chi connectivity index (χ0n) is 18.0. The van der Waals surface area contributed by atoms with Crippen molar-refractivity contribution in [1.82, 2.24) is 20.0 Å². The number of hydrogen-bond donors (Lipinski definition) is 0. The second-order valence-electron chi connectivity index (χ2n) is 7.69. The molecule has 6 nitrogen and oxygen atoms in total. The fraction of sp³-hybridized carbons (Fsp3) is 0.261. The first-order valence-electron chi connectivity index (χ1n) is 10.0. The van der Waals surface area contributed by atoms with Crippen molar-refractivity contribution < 1.29 is 9.15 Å². The fourth-order valence-electron chi connectivity index (χ4n) is 3.46. The number of hydrogen-bond acceptors (Lipinski definition) is 5. The van der Waals surface area contributed by atoms with E-state index in [-0.39, 0.29) is 0 Å². The van der Waals surface area contributed by atoms with E-state index in [9.17, 15) is 0 Å². The first kappa shape index (κ1) is 22.8. The molecule has 9 heteroatoms. The van der Waals surface area contributed by atoms with E-state index in [2.05, 4.69) is 10.2 Å². The van der Waals surface area contributed by atoms with E-state index in [0.717, 1.165) is 16.8 Å². The maximum absolute atomic E-state index is 6.52. The quantitative estimate of drug-likeness (QED) is 0.287. The largest absolute Gasteiger partial charge is 0.416 e. The number of benzene rings is 2. The van der Waals surface area contributed by atoms with Gasteiger partial charge in [-0.1, -0.05) is 46.9 Å². The Morgan fingerprint density at radius 1 is 1.00 bits per heavy atom. The molecule has 0 aliphatic rings. The molecule has 0 N–H and O–H groups in total. The number of halogens is 3. The zero-order chi connectivity index (χ0) is 23.0. The summed E-state index contributed by atoms with van der Waals surface area (Å²) in [6.07, 6.45) is 0. The standard InChI is InChI=1S/C23H21Cl3N4O2/c1-5-31-23(3,4)22-28-27-21(32-22)19-13(2)20(14-6-8-15(24)9-7-14)30(29-19)18-11-10-16(25)12-17(18)26/h6-12H,5H2,1-4H3. The molecule has 0 saturated heterocycles. The fourth-order valence-corrected chi connectivity index (χ4v) is 4.07. The minimum Gasteiger partial charge on any atom is -0.416 e. The zero-order valence-corrected chi connectivity index (χ0v) is 20.3. The van der Waals surface area contributed by atoms with Crippen molar-refractivity contribution in [2.75, 3.05) is 6.61 Å². The summed E-state index contributed by atoms with van der Waals surface area (Å²) in [7, 11) is 0. The van der Waals surface area contributed by atoms with Crippen LogP contribution in [-0.4, -0.2) is 26.6 Å². The summed E-state index contributed by atoms with van der Waals surface area (Å²) < 4.78 is 13.5. The molecule has 166 valence electrons. The first-order chi connectivity index (χ1) is 15.2. The van der Waals surface area contributed by atoms with Gasteiger partial charge in [-0.2, -0.15) is 5.10 Å². The second-order valence-corrected chi connectivity index (χ2v) is 8.97. The Kier molecular flexibility index (Phi) is 6.32. The lowest BCUT2D eigenvalue weighted by Gasteiger charge is -2.19. The molecule has 4 aromatic rings. The number of rotatable bonds is 6. The van der Waals surface area contributed by atoms with Gasteiger partial charge in [0, 0.05) is 27.8 Å². The molecule has 4 rings (SSSR count). The molecule has 2 aromatic heterocycles. The highest BCUT2D eigenvalue weighted by atomic mass is 35.5. The van der Waals surface area contributed by atoms with Gasteiger partial charge in [0.25, 0.3) is 5.89 Å². The van der Waals surface area contributed by atoms with E-state index >= 15 is 0 Å². The molecule has 0 radical (unpaired) electrons. The number of ether oxygens (including phenoxy) is 1. The SMILES string of the molecule is CCOC(C)(C)c1nnc(-c2nn(-c3ccc(Cl)cc3Cl)c(-c3ccc(Cl)cc3)c2C)o1. The smallest absolute Gasteiger partial charge is 0.268 e. The summed E-state index contributed by atoms with van der Waals surface area (Å²) in [5.41, 5.74) is 3.09. The van der Waals surface area contributed by atoms with Crippen LogP contribution in [0.4, 0.5) is 0 Å². The molecule has 0 amide bonds. The molecular weight excluding hydrogens is 471 g/mol. The summed E-state index contributed by atoms with van der Waals surface area (Å²) in [6.45, 7) is 8.15. The Morgan fingerprint density at radius 2 is 1.69 bits per heavy atom. The predicted octanol–water partition coefficient (Wildman–Crippen LogP) is 7.13. The van der Waals surface area contributed by atoms with Gasteiger partial charge in [-0.05, 0) is 58.0 Å². The van der Waals surface area contributed by atoms with E-state index < -0.39 is 5.60 Å². The van der Waals surface area contributed by atoms with Crippen LogP contribution >= 0.6 is 34.8 Å². The summed E-state index contributed by atoms with van der Waals surface area (Å²) in [5.74, 6) is 0.671. The van der Waals surface area contributed by atoms with E-state index in [4.69, 9.17) is 49.1 Å². The van der Waals surface area contributed by atoms with Crippen molar-refractivity contribution in [2.45, 2.75) is 33.3 Å². The maximum Gasteiger partial charge on any atom is 0.268 e. The van der Waals surface area contributed by atoms with Crippen LogP contribution in [0.5, 0.6) is 0 Å². The van der Waals surface area contributed by atoms with Crippen molar-refractivity contribution in [3.8, 4) is 28.5 Å². The van der Waals surface area contributed by atoms with Crippen molar-refractivity contribution in [3.05, 3.63) is 69.0 Å². The molecule has 2 heterocycles. The van der Waals surface area contributed by atoms with Gasteiger partial charge in [-0.25, -0.2) is 4.68 Å². The molecular formula is C23H21Cl3N4O2. The first-order valence-corrected chi connectivity index (χ1v) is 11.1. The highest BCUT2D eigenvalue weighted by molar-refractivity contribution is 6.35. The second kappa shape index (κ2) is 8.87. The molecule has 0 saturated carbocycles. The van der Waals surface area contributed by atoms with Crippen LogP contribution in [0.2, 0.25) is 15.1 Å². The van der Waals surface area contributed by atoms with Crippen LogP contribution < -0.4 is 0 Å². The highest BCUT2D eigenvalue weighted by Gasteiger charge is 2.30. The van der Waals surface area contributed by atoms with E-state index in [0.29, 0.717) is 44.8 Å². The predicted molar refractivity (Wildman–Crippen MR) is 127 cm³/mol. The van der Waals surface area contributed by atoms with Gasteiger partial charge < -0.3 is 9.15 Å². The Labute approximate surface area is 201 Å². The summed E-state index contributed by atoms with van der Waals surface area (Å²) in [4.78, 5) is 0. The highest BCUT2D eigenvalue weighted by Crippen LogP contribution is 2.37. The van der Waals surface area contributed by atoms with Crippen LogP contribution in [0.25, 0.3) is 28.5 Å². The van der Waals surface area contributed by atoms with Crippen LogP contribution in [0.1, 0.15) is 32.2 Å². The van der Waals surface area contributed by atoms with Crippen LogP contribution in [0.3, 0.4) is 0 Å². The Morgan fingerprint density at radius 3 is 2.34 bits per heavy atom. The van der Waals surface area contributed by atoms with Gasteiger partial charge in [0.1, 0.15) is 5.60 Å². The van der Waals surface area contributed by atoms with Crippen molar-refractivity contribution in [2.24, 2.45) is 0 Å². The van der Waals surface area contributed by atoms with Crippen molar-refractivity contribution in [1.29, 1.82) is 0 Å². The average molecular weight is 492 g/mol. The molecule has 0 aliphatic heterocycles. The van der Waals surface area contributed by atoms with Crippen LogP contribution in [-0.2, 0) is 10.3 Å². The van der Waals surface area contributed by atoms with Gasteiger partial charge in [-0.3, -0.25) is 0 Å². The van der Waals surface area contributed by atoms with Gasteiger partial charge in [0.05, 0.1) is 16.4 Å². The van der Waals surface area contributed by atoms with E-state index in [1.165, 1.54) is 0 Å². The molecule has 0 bridgehead atoms. The molecule has 0 fully saturated rings. The third kappa shape index (κ3) is 4.28. The van der Waals surface area contributed by atoms with E-state index in [1.807, 2.05) is 58.0 Å². The Bertz CT molecular complexity index is 1260. The topological polar surface area (TPSA) is 66.0 Å². The van der Waals surface area contributed by atoms with Gasteiger partial charge in [0.2, 0.25) is 5.89 Å². The van der Waals surface area contributed by atoms with Crippen molar-refractivity contribution >= 4 is 34.8 Å². The van der Waals surface area contributed by atoms with Crippen LogP contribution in [0.15, 0.2) is 46.9 Å². The van der Waals surface area contributed by atoms with Gasteiger partial charge >= 0.3 is 0 Å². The third-order valence-electron chi connectivity index (χ3n) is 5.03. The third-order valence-corrected chi connectivity index (χ3v) is 5.82. The number of aromatic nitrogens is 4. The molecule has 32 heavy (non-hydrogen) atoms. The molecule has 0 atom stereocenters. The molecule has 0 unspecified atom stereocenters. The average Bonchev–Trinajstić information content (AvgIpc) is 3.34. The normalized spacial score (nSPS) is 11.8. The summed E-state index contributed by atoms with van der Waals surface area (Å²) in [6, 6.07) is 12.8. The molecule has 0 aliphatic carbocycles. The lowest BCUT2D eigenvalue weighted by Crippen LogP contribution is -2.21. The Hall–Kier alpha value is -2.38. The molecule has 0 spiro atoms. The van der Waals surface area contributed by atoms with Crippen molar-refractivity contribution in [3.63, 3.8) is 0 Å². The summed E-state index contributed by atoms with van der Waals surface area (Å²) >= 11 is 18.7. The maximum atomic E-state index is 6.52. The minimum atomic E-state index is -0.713. The summed E-state index contributed by atoms with van der Waals surface area (Å²) in [5, 5.41) is 14.9.